The molecule has 23 heavy (non-hydrogen) atoms. The minimum atomic E-state index is -0.495. The molecule has 1 aromatic rings. The number of ether oxygens (including phenoxy) is 1. The molecule has 0 aromatic heterocycles. The van der Waals surface area contributed by atoms with E-state index in [0.29, 0.717) is 13.1 Å². The molecule has 0 saturated heterocycles. The van der Waals surface area contributed by atoms with Crippen LogP contribution in [0.4, 0.5) is 4.79 Å². The highest BCUT2D eigenvalue weighted by atomic mass is 16.6. The number of hydrogen-bond donors (Lipinski definition) is 2. The fraction of sp³-hybridized carbons (Fsp3) is 0.611. The lowest BCUT2D eigenvalue weighted by molar-refractivity contribution is 0.0231. The van der Waals surface area contributed by atoms with Gasteiger partial charge < -0.3 is 20.1 Å². The molecule has 0 aliphatic heterocycles. The maximum Gasteiger partial charge on any atom is 0.410 e. The van der Waals surface area contributed by atoms with Gasteiger partial charge in [-0.05, 0) is 52.3 Å². The smallest absolute Gasteiger partial charge is 0.410 e. The van der Waals surface area contributed by atoms with Gasteiger partial charge in [-0.1, -0.05) is 30.3 Å². The lowest BCUT2D eigenvalue weighted by Crippen LogP contribution is -2.37. The number of aliphatic hydroxyl groups is 1. The topological polar surface area (TPSA) is 61.8 Å². The summed E-state index contributed by atoms with van der Waals surface area (Å²) >= 11 is 0. The fourth-order valence-electron chi connectivity index (χ4n) is 2.09. The highest BCUT2D eigenvalue weighted by Gasteiger charge is 2.21. The summed E-state index contributed by atoms with van der Waals surface area (Å²) in [4.78, 5) is 14.1. The van der Waals surface area contributed by atoms with E-state index in [-0.39, 0.29) is 12.7 Å². The Morgan fingerprint density at radius 2 is 1.83 bits per heavy atom. The van der Waals surface area contributed by atoms with Crippen LogP contribution in [-0.4, -0.2) is 47.9 Å². The Hall–Kier alpha value is -1.59. The van der Waals surface area contributed by atoms with Crippen LogP contribution in [0.3, 0.4) is 0 Å². The maximum atomic E-state index is 12.4. The number of benzene rings is 1. The molecule has 5 nitrogen and oxygen atoms in total. The summed E-state index contributed by atoms with van der Waals surface area (Å²) in [6, 6.07) is 9.93. The van der Waals surface area contributed by atoms with Crippen molar-refractivity contribution in [1.82, 2.24) is 10.2 Å². The van der Waals surface area contributed by atoms with Gasteiger partial charge >= 0.3 is 6.09 Å². The Kier molecular flexibility index (Phi) is 8.66. The van der Waals surface area contributed by atoms with Crippen molar-refractivity contribution in [2.45, 2.75) is 45.8 Å². The van der Waals surface area contributed by atoms with Crippen molar-refractivity contribution < 1.29 is 14.6 Å². The van der Waals surface area contributed by atoms with Crippen molar-refractivity contribution in [2.24, 2.45) is 0 Å². The molecule has 0 atom stereocenters. The highest BCUT2D eigenvalue weighted by molar-refractivity contribution is 5.68. The predicted octanol–water partition coefficient (Wildman–Crippen LogP) is 2.79. The third kappa shape index (κ3) is 9.21. The summed E-state index contributed by atoms with van der Waals surface area (Å²) in [5, 5.41) is 12.0. The van der Waals surface area contributed by atoms with Gasteiger partial charge in [0.25, 0.3) is 0 Å². The van der Waals surface area contributed by atoms with Gasteiger partial charge in [0, 0.05) is 19.7 Å². The van der Waals surface area contributed by atoms with Crippen LogP contribution in [0, 0.1) is 0 Å². The minimum Gasteiger partial charge on any atom is -0.444 e. The van der Waals surface area contributed by atoms with E-state index in [2.05, 4.69) is 5.32 Å². The third-order valence-electron chi connectivity index (χ3n) is 3.16. The summed E-state index contributed by atoms with van der Waals surface area (Å²) in [6.07, 6.45) is 1.31. The molecule has 1 rings (SSSR count). The largest absolute Gasteiger partial charge is 0.444 e. The van der Waals surface area contributed by atoms with E-state index in [1.54, 1.807) is 4.90 Å². The number of rotatable bonds is 9. The van der Waals surface area contributed by atoms with Crippen LogP contribution in [0.1, 0.15) is 39.2 Å². The number of nitrogens with one attached hydrogen (secondary N) is 1. The van der Waals surface area contributed by atoms with Gasteiger partial charge in [0.15, 0.2) is 0 Å². The van der Waals surface area contributed by atoms with Crippen molar-refractivity contribution >= 4 is 6.09 Å². The van der Waals surface area contributed by atoms with E-state index in [1.165, 1.54) is 0 Å². The zero-order valence-corrected chi connectivity index (χ0v) is 14.5. The molecule has 0 bridgehead atoms. The molecule has 0 aliphatic carbocycles. The van der Waals surface area contributed by atoms with Crippen molar-refractivity contribution in [2.75, 3.05) is 26.2 Å². The molecule has 1 amide bonds. The molecule has 1 aromatic carbocycles. The first kappa shape index (κ1) is 19.5. The Morgan fingerprint density at radius 1 is 1.17 bits per heavy atom. The van der Waals surface area contributed by atoms with Gasteiger partial charge in [0.1, 0.15) is 5.60 Å². The molecular formula is C18H30N2O3. The first-order chi connectivity index (χ1) is 10.9. The highest BCUT2D eigenvalue weighted by Crippen LogP contribution is 2.13. The van der Waals surface area contributed by atoms with Crippen molar-refractivity contribution in [3.63, 3.8) is 0 Å². The van der Waals surface area contributed by atoms with Crippen LogP contribution >= 0.6 is 0 Å². The summed E-state index contributed by atoms with van der Waals surface area (Å²) in [5.41, 5.74) is 0.595. The van der Waals surface area contributed by atoms with Gasteiger partial charge in [-0.25, -0.2) is 4.79 Å². The van der Waals surface area contributed by atoms with E-state index in [9.17, 15) is 4.79 Å². The molecule has 0 spiro atoms. The summed E-state index contributed by atoms with van der Waals surface area (Å²) in [5.74, 6) is 0. The van der Waals surface area contributed by atoms with Crippen LogP contribution < -0.4 is 5.32 Å². The standard InChI is InChI=1S/C18H30N2O3/c1-18(2,3)23-17(22)20(13-7-11-19-12-8-14-21)15-16-9-5-4-6-10-16/h4-6,9-10,19,21H,7-8,11-15H2,1-3H3. The van der Waals surface area contributed by atoms with Gasteiger partial charge in [0.05, 0.1) is 0 Å². The van der Waals surface area contributed by atoms with E-state index < -0.39 is 5.60 Å². The predicted molar refractivity (Wildman–Crippen MR) is 92.3 cm³/mol. The SMILES string of the molecule is CC(C)(C)OC(=O)N(CCCNCCCO)Cc1ccccc1. The van der Waals surface area contributed by atoms with E-state index in [0.717, 1.165) is 31.5 Å². The number of nitrogens with zero attached hydrogens (tertiary/aromatic N) is 1. The Labute approximate surface area is 139 Å². The normalized spacial score (nSPS) is 11.3. The van der Waals surface area contributed by atoms with Crippen molar-refractivity contribution in [1.29, 1.82) is 0 Å². The molecular weight excluding hydrogens is 292 g/mol. The van der Waals surface area contributed by atoms with Crippen LogP contribution in [0.15, 0.2) is 30.3 Å². The summed E-state index contributed by atoms with van der Waals surface area (Å²) in [6.45, 7) is 8.62. The van der Waals surface area contributed by atoms with Crippen LogP contribution in [0.25, 0.3) is 0 Å². The van der Waals surface area contributed by atoms with Gasteiger partial charge in [0.2, 0.25) is 0 Å². The van der Waals surface area contributed by atoms with E-state index >= 15 is 0 Å². The van der Waals surface area contributed by atoms with Crippen molar-refractivity contribution in [3.05, 3.63) is 35.9 Å². The average molecular weight is 322 g/mol. The Morgan fingerprint density at radius 3 is 2.43 bits per heavy atom. The second kappa shape index (κ2) is 10.2. The van der Waals surface area contributed by atoms with Gasteiger partial charge in [-0.15, -0.1) is 0 Å². The van der Waals surface area contributed by atoms with E-state index in [4.69, 9.17) is 9.84 Å². The Bertz CT molecular complexity index is 443. The molecule has 2 N–H and O–H groups in total. The lowest BCUT2D eigenvalue weighted by Gasteiger charge is -2.27. The van der Waals surface area contributed by atoms with Crippen molar-refractivity contribution in [3.8, 4) is 0 Å². The average Bonchev–Trinajstić information content (AvgIpc) is 2.49. The van der Waals surface area contributed by atoms with Crippen LogP contribution in [-0.2, 0) is 11.3 Å². The fourth-order valence-corrected chi connectivity index (χ4v) is 2.09. The molecule has 5 heteroatoms. The monoisotopic (exact) mass is 322 g/mol. The van der Waals surface area contributed by atoms with Crippen LogP contribution in [0.2, 0.25) is 0 Å². The van der Waals surface area contributed by atoms with Gasteiger partial charge in [-0.3, -0.25) is 0 Å². The first-order valence-electron chi connectivity index (χ1n) is 8.26. The summed E-state index contributed by atoms with van der Waals surface area (Å²) < 4.78 is 5.50. The van der Waals surface area contributed by atoms with Crippen LogP contribution in [0.5, 0.6) is 0 Å². The molecule has 0 heterocycles. The molecule has 0 radical (unpaired) electrons. The second-order valence-corrected chi connectivity index (χ2v) is 6.57. The number of amides is 1. The zero-order chi connectivity index (χ0) is 17.1. The maximum absolute atomic E-state index is 12.4. The minimum absolute atomic E-state index is 0.199. The Balaban J connectivity index is 2.52. The number of hydrogen-bond acceptors (Lipinski definition) is 4. The molecule has 0 fully saturated rings. The summed E-state index contributed by atoms with van der Waals surface area (Å²) in [7, 11) is 0. The second-order valence-electron chi connectivity index (χ2n) is 6.57. The first-order valence-corrected chi connectivity index (χ1v) is 8.26. The van der Waals surface area contributed by atoms with Gasteiger partial charge in [-0.2, -0.15) is 0 Å². The van der Waals surface area contributed by atoms with E-state index in [1.807, 2.05) is 51.1 Å². The third-order valence-corrected chi connectivity index (χ3v) is 3.16. The number of aliphatic hydroxyl groups excluding tert-OH is 1. The molecule has 130 valence electrons. The number of carbonyl (C=O) groups excluding carboxylic acids is 1. The molecule has 0 saturated carbocycles. The molecule has 0 unspecified atom stereocenters. The molecule has 0 aliphatic rings. The lowest BCUT2D eigenvalue weighted by atomic mass is 10.2. The number of carbonyl (C=O) groups is 1. The zero-order valence-electron chi connectivity index (χ0n) is 14.5. The quantitative estimate of drug-likeness (QED) is 0.686.